The summed E-state index contributed by atoms with van der Waals surface area (Å²) in [7, 11) is 0. The Morgan fingerprint density at radius 2 is 1.92 bits per heavy atom. The Bertz CT molecular complexity index is 763. The van der Waals surface area contributed by atoms with Gasteiger partial charge in [0.05, 0.1) is 23.8 Å². The lowest BCUT2D eigenvalue weighted by Crippen LogP contribution is -2.20. The van der Waals surface area contributed by atoms with E-state index in [1.807, 2.05) is 6.07 Å². The minimum atomic E-state index is -0.404. The van der Waals surface area contributed by atoms with Gasteiger partial charge in [-0.05, 0) is 49.4 Å². The highest BCUT2D eigenvalue weighted by molar-refractivity contribution is 5.92. The topological polar surface area (TPSA) is 88.4 Å². The average molecular weight is 324 g/mol. The van der Waals surface area contributed by atoms with Crippen LogP contribution in [0.2, 0.25) is 0 Å². The van der Waals surface area contributed by atoms with E-state index in [-0.39, 0.29) is 12.5 Å². The van der Waals surface area contributed by atoms with E-state index < -0.39 is 5.97 Å². The number of carbonyl (C=O) groups is 2. The lowest BCUT2D eigenvalue weighted by molar-refractivity contribution is -0.118. The van der Waals surface area contributed by atoms with Crippen molar-refractivity contribution in [1.82, 2.24) is 0 Å². The van der Waals surface area contributed by atoms with Crippen LogP contribution in [0.15, 0.2) is 48.5 Å². The summed E-state index contributed by atoms with van der Waals surface area (Å²) in [6.07, 6.45) is 0. The molecule has 0 radical (unpaired) electrons. The standard InChI is InChI=1S/C18H16N2O4/c1-2-23-18(22)14-6-8-16(9-7-14)24-12-17(21)20-15-5-3-4-13(10-15)11-19/h3-10H,2,12H2,1H3,(H,20,21). The summed E-state index contributed by atoms with van der Waals surface area (Å²) in [5.74, 6) is -0.289. The Morgan fingerprint density at radius 3 is 2.58 bits per heavy atom. The molecule has 2 aromatic carbocycles. The van der Waals surface area contributed by atoms with Crippen LogP contribution in [0.25, 0.3) is 0 Å². The Balaban J connectivity index is 1.87. The van der Waals surface area contributed by atoms with Gasteiger partial charge in [0.1, 0.15) is 5.75 Å². The first kappa shape index (κ1) is 17.0. The van der Waals surface area contributed by atoms with E-state index in [0.717, 1.165) is 0 Å². The van der Waals surface area contributed by atoms with Crippen LogP contribution >= 0.6 is 0 Å². The van der Waals surface area contributed by atoms with Gasteiger partial charge in [0, 0.05) is 5.69 Å². The first-order valence-electron chi connectivity index (χ1n) is 7.32. The fraction of sp³-hybridized carbons (Fsp3) is 0.167. The van der Waals surface area contributed by atoms with Crippen molar-refractivity contribution in [1.29, 1.82) is 5.26 Å². The van der Waals surface area contributed by atoms with Crippen molar-refractivity contribution in [3.8, 4) is 11.8 Å². The third-order valence-electron chi connectivity index (χ3n) is 3.01. The van der Waals surface area contributed by atoms with Crippen molar-refractivity contribution in [2.75, 3.05) is 18.5 Å². The van der Waals surface area contributed by atoms with Gasteiger partial charge in [0.2, 0.25) is 0 Å². The summed E-state index contributed by atoms with van der Waals surface area (Å²) < 4.78 is 10.2. The highest BCUT2D eigenvalue weighted by Gasteiger charge is 2.07. The molecule has 0 unspecified atom stereocenters. The molecule has 24 heavy (non-hydrogen) atoms. The lowest BCUT2D eigenvalue weighted by atomic mass is 10.2. The van der Waals surface area contributed by atoms with E-state index in [2.05, 4.69) is 5.32 Å². The maximum absolute atomic E-state index is 11.9. The largest absolute Gasteiger partial charge is 0.484 e. The van der Waals surface area contributed by atoms with Crippen molar-refractivity contribution in [3.63, 3.8) is 0 Å². The molecule has 0 heterocycles. The van der Waals surface area contributed by atoms with Crippen molar-refractivity contribution in [2.45, 2.75) is 6.92 Å². The molecule has 0 saturated heterocycles. The molecule has 0 aliphatic heterocycles. The molecule has 0 aromatic heterocycles. The number of carbonyl (C=O) groups excluding carboxylic acids is 2. The average Bonchev–Trinajstić information content (AvgIpc) is 2.61. The van der Waals surface area contributed by atoms with Crippen molar-refractivity contribution >= 4 is 17.6 Å². The molecule has 0 saturated carbocycles. The number of benzene rings is 2. The molecular formula is C18H16N2O4. The summed E-state index contributed by atoms with van der Waals surface area (Å²) in [6.45, 7) is 1.86. The molecular weight excluding hydrogens is 308 g/mol. The molecule has 122 valence electrons. The van der Waals surface area contributed by atoms with Gasteiger partial charge in [-0.1, -0.05) is 6.07 Å². The molecule has 6 nitrogen and oxygen atoms in total. The molecule has 0 fully saturated rings. The minimum Gasteiger partial charge on any atom is -0.484 e. The van der Waals surface area contributed by atoms with Gasteiger partial charge in [-0.15, -0.1) is 0 Å². The van der Waals surface area contributed by atoms with Gasteiger partial charge in [0.15, 0.2) is 6.61 Å². The lowest BCUT2D eigenvalue weighted by Gasteiger charge is -2.08. The molecule has 2 aromatic rings. The second kappa shape index (κ2) is 8.34. The minimum absolute atomic E-state index is 0.185. The summed E-state index contributed by atoms with van der Waals surface area (Å²) >= 11 is 0. The molecule has 0 aliphatic carbocycles. The number of nitriles is 1. The Kier molecular flexibility index (Phi) is 5.92. The number of hydrogen-bond acceptors (Lipinski definition) is 5. The van der Waals surface area contributed by atoms with Gasteiger partial charge in [-0.25, -0.2) is 4.79 Å². The number of hydrogen-bond donors (Lipinski definition) is 1. The van der Waals surface area contributed by atoms with Gasteiger partial charge in [0.25, 0.3) is 5.91 Å². The number of nitrogens with one attached hydrogen (secondary N) is 1. The van der Waals surface area contributed by atoms with Crippen LogP contribution in [0.4, 0.5) is 5.69 Å². The number of rotatable bonds is 6. The Hall–Kier alpha value is -3.33. The molecule has 0 spiro atoms. The third kappa shape index (κ3) is 4.85. The maximum atomic E-state index is 11.9. The van der Waals surface area contributed by atoms with Gasteiger partial charge in [-0.2, -0.15) is 5.26 Å². The van der Waals surface area contributed by atoms with E-state index in [9.17, 15) is 9.59 Å². The van der Waals surface area contributed by atoms with Crippen molar-refractivity contribution < 1.29 is 19.1 Å². The Labute approximate surface area is 139 Å². The first-order chi connectivity index (χ1) is 11.6. The predicted octanol–water partition coefficient (Wildman–Crippen LogP) is 2.75. The molecule has 0 bridgehead atoms. The number of anilines is 1. The summed E-state index contributed by atoms with van der Waals surface area (Å²) in [4.78, 5) is 23.4. The molecule has 0 atom stereocenters. The third-order valence-corrected chi connectivity index (χ3v) is 3.01. The molecule has 6 heteroatoms. The van der Waals surface area contributed by atoms with Crippen LogP contribution in [-0.2, 0) is 9.53 Å². The van der Waals surface area contributed by atoms with Crippen molar-refractivity contribution in [3.05, 3.63) is 59.7 Å². The van der Waals surface area contributed by atoms with E-state index in [0.29, 0.717) is 29.2 Å². The second-order valence-electron chi connectivity index (χ2n) is 4.77. The van der Waals surface area contributed by atoms with Crippen LogP contribution in [-0.4, -0.2) is 25.1 Å². The van der Waals surface area contributed by atoms with Crippen LogP contribution in [0.5, 0.6) is 5.75 Å². The zero-order valence-electron chi connectivity index (χ0n) is 13.1. The van der Waals surface area contributed by atoms with Gasteiger partial charge < -0.3 is 14.8 Å². The number of nitrogens with zero attached hydrogens (tertiary/aromatic N) is 1. The first-order valence-corrected chi connectivity index (χ1v) is 7.32. The quantitative estimate of drug-likeness (QED) is 0.825. The summed E-state index contributed by atoms with van der Waals surface area (Å²) in [5, 5.41) is 11.5. The fourth-order valence-electron chi connectivity index (χ4n) is 1.91. The second-order valence-corrected chi connectivity index (χ2v) is 4.77. The normalized spacial score (nSPS) is 9.67. The number of amides is 1. The highest BCUT2D eigenvalue weighted by atomic mass is 16.5. The fourth-order valence-corrected chi connectivity index (χ4v) is 1.91. The van der Waals surface area contributed by atoms with E-state index in [4.69, 9.17) is 14.7 Å². The highest BCUT2D eigenvalue weighted by Crippen LogP contribution is 2.14. The number of esters is 1. The van der Waals surface area contributed by atoms with Crippen LogP contribution < -0.4 is 10.1 Å². The SMILES string of the molecule is CCOC(=O)c1ccc(OCC(=O)Nc2cccc(C#N)c2)cc1. The number of ether oxygens (including phenoxy) is 2. The molecule has 0 aliphatic rings. The zero-order valence-corrected chi connectivity index (χ0v) is 13.1. The summed E-state index contributed by atoms with van der Waals surface area (Å²) in [6, 6.07) is 14.9. The van der Waals surface area contributed by atoms with E-state index in [1.54, 1.807) is 55.5 Å². The Morgan fingerprint density at radius 1 is 1.17 bits per heavy atom. The molecule has 1 N–H and O–H groups in total. The maximum Gasteiger partial charge on any atom is 0.338 e. The van der Waals surface area contributed by atoms with Crippen LogP contribution in [0, 0.1) is 11.3 Å². The monoisotopic (exact) mass is 324 g/mol. The predicted molar refractivity (Wildman–Crippen MR) is 87.7 cm³/mol. The van der Waals surface area contributed by atoms with Gasteiger partial charge in [-0.3, -0.25) is 4.79 Å². The molecule has 2 rings (SSSR count). The van der Waals surface area contributed by atoms with E-state index >= 15 is 0 Å². The van der Waals surface area contributed by atoms with E-state index in [1.165, 1.54) is 0 Å². The van der Waals surface area contributed by atoms with Gasteiger partial charge >= 0.3 is 5.97 Å². The van der Waals surface area contributed by atoms with Crippen LogP contribution in [0.1, 0.15) is 22.8 Å². The zero-order chi connectivity index (χ0) is 17.4. The summed E-state index contributed by atoms with van der Waals surface area (Å²) in [5.41, 5.74) is 1.41. The smallest absolute Gasteiger partial charge is 0.338 e. The molecule has 1 amide bonds. The van der Waals surface area contributed by atoms with Crippen LogP contribution in [0.3, 0.4) is 0 Å². The van der Waals surface area contributed by atoms with Crippen molar-refractivity contribution in [2.24, 2.45) is 0 Å².